The van der Waals surface area contributed by atoms with E-state index in [0.29, 0.717) is 11.6 Å². The van der Waals surface area contributed by atoms with E-state index in [0.717, 1.165) is 11.0 Å². The third-order valence-corrected chi connectivity index (χ3v) is 2.03. The summed E-state index contributed by atoms with van der Waals surface area (Å²) in [4.78, 5) is 4.27. The van der Waals surface area contributed by atoms with Gasteiger partial charge in [-0.25, -0.2) is 0 Å². The van der Waals surface area contributed by atoms with Gasteiger partial charge in [0.15, 0.2) is 0 Å². The number of rotatable bonds is 1. The molecule has 0 saturated carbocycles. The van der Waals surface area contributed by atoms with Crippen LogP contribution in [0.5, 0.6) is 5.88 Å². The Kier molecular flexibility index (Phi) is 1.62. The first kappa shape index (κ1) is 7.91. The molecule has 13 heavy (non-hydrogen) atoms. The molecule has 0 aromatic carbocycles. The maximum atomic E-state index is 5.71. The van der Waals surface area contributed by atoms with Crippen molar-refractivity contribution in [2.24, 2.45) is 7.05 Å². The Labute approximate surface area is 75.9 Å². The summed E-state index contributed by atoms with van der Waals surface area (Å²) in [5.74, 6) is 0.481. The lowest BCUT2D eigenvalue weighted by Crippen LogP contribution is -1.97. The average Bonchev–Trinajstić information content (AvgIpc) is 2.46. The molecule has 2 N–H and O–H groups in total. The molecular formula is C9H11N3O. The van der Waals surface area contributed by atoms with Crippen molar-refractivity contribution in [3.8, 4) is 5.88 Å². The molecule has 0 aliphatic rings. The van der Waals surface area contributed by atoms with Crippen LogP contribution in [0.3, 0.4) is 0 Å². The van der Waals surface area contributed by atoms with Gasteiger partial charge in [0.25, 0.3) is 0 Å². The number of methoxy groups -OCH3 is 1. The Morgan fingerprint density at radius 3 is 3.00 bits per heavy atom. The molecule has 2 heterocycles. The molecule has 0 unspecified atom stereocenters. The van der Waals surface area contributed by atoms with Crippen LogP contribution in [0.2, 0.25) is 0 Å². The van der Waals surface area contributed by atoms with Crippen LogP contribution < -0.4 is 10.5 Å². The van der Waals surface area contributed by atoms with Crippen LogP contribution in [-0.4, -0.2) is 16.7 Å². The van der Waals surface area contributed by atoms with Gasteiger partial charge in [0.1, 0.15) is 5.65 Å². The molecule has 2 aromatic rings. The quantitative estimate of drug-likeness (QED) is 0.711. The number of aromatic nitrogens is 2. The highest BCUT2D eigenvalue weighted by molar-refractivity contribution is 5.81. The van der Waals surface area contributed by atoms with Gasteiger partial charge in [0.2, 0.25) is 5.88 Å². The zero-order valence-corrected chi connectivity index (χ0v) is 7.61. The van der Waals surface area contributed by atoms with Crippen LogP contribution in [-0.2, 0) is 7.05 Å². The van der Waals surface area contributed by atoms with Crippen LogP contribution in [0.25, 0.3) is 11.0 Å². The molecule has 2 aromatic heterocycles. The monoisotopic (exact) mass is 177 g/mol. The molecule has 0 spiro atoms. The third-order valence-electron chi connectivity index (χ3n) is 2.03. The van der Waals surface area contributed by atoms with E-state index < -0.39 is 0 Å². The van der Waals surface area contributed by atoms with E-state index >= 15 is 0 Å². The van der Waals surface area contributed by atoms with Gasteiger partial charge < -0.3 is 15.0 Å². The first-order valence-corrected chi connectivity index (χ1v) is 3.98. The number of hydrogen-bond acceptors (Lipinski definition) is 3. The maximum Gasteiger partial charge on any atom is 0.238 e. The van der Waals surface area contributed by atoms with E-state index in [4.69, 9.17) is 10.5 Å². The van der Waals surface area contributed by atoms with Crippen LogP contribution in [0.4, 0.5) is 5.69 Å². The Morgan fingerprint density at radius 1 is 1.54 bits per heavy atom. The third kappa shape index (κ3) is 1.11. The number of anilines is 1. The summed E-state index contributed by atoms with van der Waals surface area (Å²) in [5, 5.41) is 1.03. The lowest BCUT2D eigenvalue weighted by molar-refractivity contribution is 0.401. The predicted octanol–water partition coefficient (Wildman–Crippen LogP) is 1.16. The smallest absolute Gasteiger partial charge is 0.238 e. The summed E-state index contributed by atoms with van der Waals surface area (Å²) in [7, 11) is 3.50. The van der Waals surface area contributed by atoms with E-state index in [1.54, 1.807) is 7.11 Å². The van der Waals surface area contributed by atoms with Crippen molar-refractivity contribution in [2.75, 3.05) is 12.8 Å². The first-order valence-electron chi connectivity index (χ1n) is 3.98. The number of nitrogens with two attached hydrogens (primary N) is 1. The molecule has 0 radical (unpaired) electrons. The van der Waals surface area contributed by atoms with E-state index in [-0.39, 0.29) is 0 Å². The Balaban J connectivity index is 2.77. The second kappa shape index (κ2) is 2.65. The fourth-order valence-electron chi connectivity index (χ4n) is 1.35. The predicted molar refractivity (Wildman–Crippen MR) is 51.7 cm³/mol. The lowest BCUT2D eigenvalue weighted by atomic mass is 10.3. The first-order chi connectivity index (χ1) is 6.22. The van der Waals surface area contributed by atoms with Gasteiger partial charge in [-0.15, -0.1) is 0 Å². The summed E-state index contributed by atoms with van der Waals surface area (Å²) in [6.07, 6.45) is 1.94. The van der Waals surface area contributed by atoms with Gasteiger partial charge in [-0.05, 0) is 12.1 Å². The van der Waals surface area contributed by atoms with Gasteiger partial charge in [0, 0.05) is 18.6 Å². The molecule has 68 valence electrons. The number of nitrogen functional groups attached to an aromatic ring is 1. The summed E-state index contributed by atoms with van der Waals surface area (Å²) >= 11 is 0. The average molecular weight is 177 g/mol. The number of hydrogen-bond donors (Lipinski definition) is 1. The van der Waals surface area contributed by atoms with Crippen LogP contribution in [0, 0.1) is 0 Å². The highest BCUT2D eigenvalue weighted by atomic mass is 16.5. The van der Waals surface area contributed by atoms with Gasteiger partial charge >= 0.3 is 0 Å². The highest BCUT2D eigenvalue weighted by Gasteiger charge is 2.05. The lowest BCUT2D eigenvalue weighted by Gasteiger charge is -2.03. The maximum absolute atomic E-state index is 5.71. The minimum atomic E-state index is 0.481. The van der Waals surface area contributed by atoms with Gasteiger partial charge in [-0.2, -0.15) is 4.98 Å². The molecule has 0 aliphatic carbocycles. The summed E-state index contributed by atoms with van der Waals surface area (Å²) in [6, 6.07) is 3.83. The van der Waals surface area contributed by atoms with Crippen molar-refractivity contribution < 1.29 is 4.74 Å². The SMILES string of the molecule is COc1nc2c(ccn2C)cc1N. The number of fused-ring (bicyclic) bond motifs is 1. The summed E-state index contributed by atoms with van der Waals surface area (Å²) in [5.41, 5.74) is 7.16. The van der Waals surface area contributed by atoms with E-state index in [9.17, 15) is 0 Å². The second-order valence-electron chi connectivity index (χ2n) is 2.93. The van der Waals surface area contributed by atoms with Gasteiger partial charge in [-0.1, -0.05) is 0 Å². The number of ether oxygens (including phenoxy) is 1. The second-order valence-corrected chi connectivity index (χ2v) is 2.93. The number of aryl methyl sites for hydroxylation is 1. The standard InChI is InChI=1S/C9H11N3O/c1-12-4-3-6-5-7(10)9(13-2)11-8(6)12/h3-5H,10H2,1-2H3. The van der Waals surface area contributed by atoms with Crippen molar-refractivity contribution in [2.45, 2.75) is 0 Å². The molecule has 0 amide bonds. The zero-order valence-electron chi connectivity index (χ0n) is 7.61. The molecule has 2 rings (SSSR count). The fourth-order valence-corrected chi connectivity index (χ4v) is 1.35. The molecule has 0 saturated heterocycles. The van der Waals surface area contributed by atoms with Crippen molar-refractivity contribution >= 4 is 16.7 Å². The van der Waals surface area contributed by atoms with E-state index in [1.165, 1.54) is 0 Å². The van der Waals surface area contributed by atoms with Crippen LogP contribution in [0.15, 0.2) is 18.3 Å². The summed E-state index contributed by atoms with van der Waals surface area (Å²) < 4.78 is 6.96. The minimum Gasteiger partial charge on any atom is -0.479 e. The molecule has 0 bridgehead atoms. The Bertz CT molecular complexity index is 447. The van der Waals surface area contributed by atoms with Crippen molar-refractivity contribution in [1.29, 1.82) is 0 Å². The molecule has 0 fully saturated rings. The van der Waals surface area contributed by atoms with Crippen LogP contribution >= 0.6 is 0 Å². The largest absolute Gasteiger partial charge is 0.479 e. The fraction of sp³-hybridized carbons (Fsp3) is 0.222. The normalized spacial score (nSPS) is 10.6. The van der Waals surface area contributed by atoms with Crippen LogP contribution in [0.1, 0.15) is 0 Å². The molecule has 4 heteroatoms. The van der Waals surface area contributed by atoms with E-state index in [2.05, 4.69) is 4.98 Å². The minimum absolute atomic E-state index is 0.481. The molecule has 0 aliphatic heterocycles. The number of pyridine rings is 1. The van der Waals surface area contributed by atoms with Crippen molar-refractivity contribution in [1.82, 2.24) is 9.55 Å². The van der Waals surface area contributed by atoms with Gasteiger partial charge in [0.05, 0.1) is 12.8 Å². The Hall–Kier alpha value is -1.71. The molecular weight excluding hydrogens is 166 g/mol. The number of nitrogens with zero attached hydrogens (tertiary/aromatic N) is 2. The molecule has 4 nitrogen and oxygen atoms in total. The molecule has 0 atom stereocenters. The van der Waals surface area contributed by atoms with E-state index in [1.807, 2.05) is 29.9 Å². The topological polar surface area (TPSA) is 53.1 Å². The van der Waals surface area contributed by atoms with Crippen molar-refractivity contribution in [3.63, 3.8) is 0 Å². The van der Waals surface area contributed by atoms with Gasteiger partial charge in [-0.3, -0.25) is 0 Å². The highest BCUT2D eigenvalue weighted by Crippen LogP contribution is 2.23. The summed E-state index contributed by atoms with van der Waals surface area (Å²) in [6.45, 7) is 0. The Morgan fingerprint density at radius 2 is 2.31 bits per heavy atom. The zero-order chi connectivity index (χ0) is 9.42. The van der Waals surface area contributed by atoms with Crippen molar-refractivity contribution in [3.05, 3.63) is 18.3 Å².